The van der Waals surface area contributed by atoms with Crippen LogP contribution in [-0.4, -0.2) is 53.1 Å². The van der Waals surface area contributed by atoms with Gasteiger partial charge in [-0.25, -0.2) is 26.3 Å². The van der Waals surface area contributed by atoms with E-state index < -0.39 is 44.8 Å². The first-order valence-electron chi connectivity index (χ1n) is 10.6. The van der Waals surface area contributed by atoms with Crippen molar-refractivity contribution in [3.8, 4) is 0 Å². The van der Waals surface area contributed by atoms with E-state index in [1.807, 2.05) is 0 Å². The first-order chi connectivity index (χ1) is 15.6. The van der Waals surface area contributed by atoms with Gasteiger partial charge in [0.15, 0.2) is 11.6 Å². The Morgan fingerprint density at radius 1 is 1.12 bits per heavy atom. The lowest BCUT2D eigenvalue weighted by Gasteiger charge is -2.36. The van der Waals surface area contributed by atoms with Gasteiger partial charge in [0, 0.05) is 43.9 Å². The molecule has 1 amide bonds. The highest BCUT2D eigenvalue weighted by Crippen LogP contribution is 2.28. The quantitative estimate of drug-likeness (QED) is 0.545. The van der Waals surface area contributed by atoms with Gasteiger partial charge in [-0.2, -0.15) is 0 Å². The number of sulfonamides is 1. The highest BCUT2D eigenvalue weighted by atomic mass is 32.2. The van der Waals surface area contributed by atoms with Gasteiger partial charge in [-0.05, 0) is 30.9 Å². The van der Waals surface area contributed by atoms with Crippen LogP contribution in [0.4, 0.5) is 13.2 Å². The lowest BCUT2D eigenvalue weighted by Crippen LogP contribution is -2.51. The molecule has 3 N–H and O–H groups in total. The highest BCUT2D eigenvalue weighted by Gasteiger charge is 2.38. The van der Waals surface area contributed by atoms with Crippen molar-refractivity contribution in [2.24, 2.45) is 5.73 Å². The largest absolute Gasteiger partial charge is 0.332 e. The van der Waals surface area contributed by atoms with Gasteiger partial charge in [-0.15, -0.1) is 0 Å². The zero-order chi connectivity index (χ0) is 23.8. The van der Waals surface area contributed by atoms with Crippen LogP contribution in [0.25, 0.3) is 0 Å². The average molecular weight is 484 g/mol. The summed E-state index contributed by atoms with van der Waals surface area (Å²) in [6.07, 6.45) is 4.23. The molecule has 1 saturated carbocycles. The van der Waals surface area contributed by atoms with Crippen LogP contribution in [0.1, 0.15) is 36.2 Å². The Balaban J connectivity index is 1.46. The molecule has 1 aromatic heterocycles. The van der Waals surface area contributed by atoms with E-state index in [0.717, 1.165) is 6.07 Å². The summed E-state index contributed by atoms with van der Waals surface area (Å²) in [4.78, 5) is 23.1. The van der Waals surface area contributed by atoms with E-state index in [-0.39, 0.29) is 37.4 Å². The topological polar surface area (TPSA) is 118 Å². The normalized spacial score (nSPS) is 19.3. The number of nitrogens with zero attached hydrogens (tertiary/aromatic N) is 3. The number of carbonyl (C=O) groups is 1. The van der Waals surface area contributed by atoms with Gasteiger partial charge in [0.05, 0.1) is 29.2 Å². The fourth-order valence-electron chi connectivity index (χ4n) is 3.92. The molecule has 0 saturated heterocycles. The predicted octanol–water partition coefficient (Wildman–Crippen LogP) is 1.19. The molecule has 8 nitrogen and oxygen atoms in total. The lowest BCUT2D eigenvalue weighted by atomic mass is 9.99. The summed E-state index contributed by atoms with van der Waals surface area (Å²) in [5, 5.41) is -0.392. The second-order valence-corrected chi connectivity index (χ2v) is 10.5. The minimum atomic E-state index is -3.45. The Kier molecular flexibility index (Phi) is 6.68. The SMILES string of the molecule is N[C@@H](CC(=O)N1Cc2nccnc2C[C@H]1CNS(=O)(=O)C1CC1)Cc1cc(F)c(F)cc1F. The molecule has 2 aromatic rings. The summed E-state index contributed by atoms with van der Waals surface area (Å²) in [5.74, 6) is -3.81. The van der Waals surface area contributed by atoms with Gasteiger partial charge in [0.2, 0.25) is 15.9 Å². The number of fused-ring (bicyclic) bond motifs is 1. The average Bonchev–Trinajstić information content (AvgIpc) is 3.61. The number of aromatic nitrogens is 2. The van der Waals surface area contributed by atoms with Crippen molar-refractivity contribution >= 4 is 15.9 Å². The maximum atomic E-state index is 14.0. The van der Waals surface area contributed by atoms with Crippen LogP contribution in [0.5, 0.6) is 0 Å². The summed E-state index contributed by atoms with van der Waals surface area (Å²) >= 11 is 0. The van der Waals surface area contributed by atoms with Crippen LogP contribution in [0.3, 0.4) is 0 Å². The van der Waals surface area contributed by atoms with Gasteiger partial charge in [0.1, 0.15) is 5.82 Å². The number of halogens is 3. The molecular formula is C21H24F3N5O3S. The van der Waals surface area contributed by atoms with Crippen molar-refractivity contribution in [2.45, 2.75) is 56.0 Å². The number of rotatable bonds is 8. The molecule has 12 heteroatoms. The van der Waals surface area contributed by atoms with Crippen molar-refractivity contribution in [2.75, 3.05) is 6.54 Å². The van der Waals surface area contributed by atoms with E-state index in [9.17, 15) is 26.4 Å². The summed E-state index contributed by atoms with van der Waals surface area (Å²) in [5.41, 5.74) is 7.19. The van der Waals surface area contributed by atoms with Gasteiger partial charge >= 0.3 is 0 Å². The smallest absolute Gasteiger partial charge is 0.224 e. The fourth-order valence-corrected chi connectivity index (χ4v) is 5.34. The van der Waals surface area contributed by atoms with Crippen LogP contribution in [0, 0.1) is 17.5 Å². The molecule has 1 aliphatic heterocycles. The molecule has 0 radical (unpaired) electrons. The number of nitrogens with two attached hydrogens (primary N) is 1. The molecule has 2 atom stereocenters. The fraction of sp³-hybridized carbons (Fsp3) is 0.476. The molecule has 178 valence electrons. The van der Waals surface area contributed by atoms with Crippen molar-refractivity contribution < 1.29 is 26.4 Å². The number of hydrogen-bond acceptors (Lipinski definition) is 6. The molecule has 2 aliphatic rings. The molecule has 1 aliphatic carbocycles. The molecule has 0 unspecified atom stereocenters. The monoisotopic (exact) mass is 483 g/mol. The Labute approximate surface area is 189 Å². The Morgan fingerprint density at radius 3 is 2.48 bits per heavy atom. The van der Waals surface area contributed by atoms with E-state index in [1.165, 1.54) is 17.3 Å². The number of nitrogens with one attached hydrogen (secondary N) is 1. The molecule has 33 heavy (non-hydrogen) atoms. The van der Waals surface area contributed by atoms with Crippen molar-refractivity contribution in [1.82, 2.24) is 19.6 Å². The summed E-state index contributed by atoms with van der Waals surface area (Å²) in [6.45, 7) is 0.151. The number of carbonyl (C=O) groups excluding carboxylic acids is 1. The second kappa shape index (κ2) is 9.35. The summed E-state index contributed by atoms with van der Waals surface area (Å²) < 4.78 is 67.7. The zero-order valence-corrected chi connectivity index (χ0v) is 18.5. The van der Waals surface area contributed by atoms with Crippen molar-refractivity contribution in [1.29, 1.82) is 0 Å². The molecule has 4 rings (SSSR count). The van der Waals surface area contributed by atoms with Crippen LogP contribution in [0.2, 0.25) is 0 Å². The minimum absolute atomic E-state index is 0.0215. The van der Waals surface area contributed by atoms with E-state index in [2.05, 4.69) is 14.7 Å². The van der Waals surface area contributed by atoms with Crippen LogP contribution in [-0.2, 0) is 34.2 Å². The molecule has 1 fully saturated rings. The summed E-state index contributed by atoms with van der Waals surface area (Å²) in [6, 6.07) is -0.176. The van der Waals surface area contributed by atoms with Crippen LogP contribution < -0.4 is 10.5 Å². The number of hydrogen-bond donors (Lipinski definition) is 2. The van der Waals surface area contributed by atoms with E-state index in [0.29, 0.717) is 36.7 Å². The van der Waals surface area contributed by atoms with Gasteiger partial charge in [0.25, 0.3) is 0 Å². The lowest BCUT2D eigenvalue weighted by molar-refractivity contribution is -0.135. The Hall–Kier alpha value is -2.57. The summed E-state index contributed by atoms with van der Waals surface area (Å²) in [7, 11) is -3.45. The third-order valence-electron chi connectivity index (χ3n) is 5.86. The number of amides is 1. The molecule has 0 spiro atoms. The third kappa shape index (κ3) is 5.50. The zero-order valence-electron chi connectivity index (χ0n) is 17.7. The van der Waals surface area contributed by atoms with Crippen LogP contribution >= 0.6 is 0 Å². The van der Waals surface area contributed by atoms with E-state index in [1.54, 1.807) is 0 Å². The van der Waals surface area contributed by atoms with Gasteiger partial charge < -0.3 is 10.6 Å². The molecular weight excluding hydrogens is 459 g/mol. The van der Waals surface area contributed by atoms with Crippen molar-refractivity contribution in [3.05, 3.63) is 58.9 Å². The first-order valence-corrected chi connectivity index (χ1v) is 12.1. The Bertz CT molecular complexity index is 1160. The predicted molar refractivity (Wildman–Crippen MR) is 113 cm³/mol. The third-order valence-corrected chi connectivity index (χ3v) is 7.78. The van der Waals surface area contributed by atoms with Crippen molar-refractivity contribution in [3.63, 3.8) is 0 Å². The van der Waals surface area contributed by atoms with Gasteiger partial charge in [-0.3, -0.25) is 14.8 Å². The maximum absolute atomic E-state index is 14.0. The van der Waals surface area contributed by atoms with Gasteiger partial charge in [-0.1, -0.05) is 0 Å². The van der Waals surface area contributed by atoms with Crippen LogP contribution in [0.15, 0.2) is 24.5 Å². The number of benzene rings is 1. The first kappa shape index (κ1) is 23.6. The molecule has 2 heterocycles. The standard InChI is InChI=1S/C21H24F3N5O3S/c22-16-9-18(24)17(23)6-12(16)5-13(25)7-21(30)29-11-20-19(26-3-4-27-20)8-14(29)10-28-33(31,32)15-1-2-15/h3-4,6,9,13-15,28H,1-2,5,7-8,10-11,25H2/t13-,14+/m1/s1. The minimum Gasteiger partial charge on any atom is -0.332 e. The second-order valence-electron chi connectivity index (χ2n) is 8.45. The highest BCUT2D eigenvalue weighted by molar-refractivity contribution is 7.90. The molecule has 1 aromatic carbocycles. The van der Waals surface area contributed by atoms with E-state index in [4.69, 9.17) is 5.73 Å². The van der Waals surface area contributed by atoms with E-state index >= 15 is 0 Å². The Morgan fingerprint density at radius 2 is 1.79 bits per heavy atom. The maximum Gasteiger partial charge on any atom is 0.224 e. The molecule has 0 bridgehead atoms.